The largest absolute Gasteiger partial charge is 0.466 e. The summed E-state index contributed by atoms with van der Waals surface area (Å²) in [6, 6.07) is 17.3. The van der Waals surface area contributed by atoms with Gasteiger partial charge in [-0.05, 0) is 43.5 Å². The Hall–Kier alpha value is -2.80. The van der Waals surface area contributed by atoms with Crippen LogP contribution in [-0.4, -0.2) is 40.8 Å². The Balaban J connectivity index is 1.84. The van der Waals surface area contributed by atoms with E-state index in [4.69, 9.17) is 10.5 Å². The van der Waals surface area contributed by atoms with Crippen LogP contribution in [0.1, 0.15) is 48.2 Å². The summed E-state index contributed by atoms with van der Waals surface area (Å²) in [4.78, 5) is 31.7. The van der Waals surface area contributed by atoms with E-state index in [1.807, 2.05) is 61.5 Å². The highest BCUT2D eigenvalue weighted by molar-refractivity contribution is 8.13. The fraction of sp³-hybridized carbons (Fsp3) is 0.375. The van der Waals surface area contributed by atoms with Gasteiger partial charge in [-0.3, -0.25) is 14.6 Å². The van der Waals surface area contributed by atoms with E-state index < -0.39 is 5.54 Å². The number of thioether (sulfide) groups is 1. The monoisotopic (exact) mass is 439 g/mol. The zero-order valence-electron chi connectivity index (χ0n) is 18.0. The minimum Gasteiger partial charge on any atom is -0.466 e. The van der Waals surface area contributed by atoms with Gasteiger partial charge >= 0.3 is 5.97 Å². The molecule has 3 rings (SSSR count). The van der Waals surface area contributed by atoms with Gasteiger partial charge in [0.15, 0.2) is 5.17 Å². The maximum absolute atomic E-state index is 13.4. The summed E-state index contributed by atoms with van der Waals surface area (Å²) >= 11 is 1.55. The predicted octanol–water partition coefficient (Wildman–Crippen LogP) is 3.95. The molecule has 0 saturated carbocycles. The highest BCUT2D eigenvalue weighted by Gasteiger charge is 2.30. The minimum absolute atomic E-state index is 0.124. The van der Waals surface area contributed by atoms with Crippen molar-refractivity contribution in [2.24, 2.45) is 10.7 Å². The molecule has 0 spiro atoms. The molecule has 0 radical (unpaired) electrons. The van der Waals surface area contributed by atoms with Crippen molar-refractivity contribution in [2.45, 2.75) is 38.8 Å². The Morgan fingerprint density at radius 1 is 1.19 bits per heavy atom. The van der Waals surface area contributed by atoms with Crippen molar-refractivity contribution < 1.29 is 14.3 Å². The Kier molecular flexibility index (Phi) is 7.74. The molecule has 2 aromatic carbocycles. The van der Waals surface area contributed by atoms with Crippen LogP contribution in [-0.2, 0) is 21.6 Å². The maximum atomic E-state index is 13.4. The third-order valence-corrected chi connectivity index (χ3v) is 6.12. The van der Waals surface area contributed by atoms with E-state index in [2.05, 4.69) is 4.99 Å². The van der Waals surface area contributed by atoms with Gasteiger partial charge in [0.05, 0.1) is 18.6 Å². The van der Waals surface area contributed by atoms with Crippen LogP contribution in [0.5, 0.6) is 0 Å². The molecule has 1 atom stereocenters. The van der Waals surface area contributed by atoms with Crippen LogP contribution < -0.4 is 5.73 Å². The van der Waals surface area contributed by atoms with Gasteiger partial charge in [-0.15, -0.1) is 0 Å². The first kappa shape index (κ1) is 22.9. The summed E-state index contributed by atoms with van der Waals surface area (Å²) < 4.78 is 5.04. The molecule has 0 bridgehead atoms. The van der Waals surface area contributed by atoms with Gasteiger partial charge in [0.2, 0.25) is 0 Å². The van der Waals surface area contributed by atoms with E-state index >= 15 is 0 Å². The second kappa shape index (κ2) is 10.5. The van der Waals surface area contributed by atoms with E-state index in [1.165, 1.54) is 0 Å². The molecule has 1 heterocycles. The predicted molar refractivity (Wildman–Crippen MR) is 125 cm³/mol. The number of rotatable bonds is 8. The van der Waals surface area contributed by atoms with Gasteiger partial charge < -0.3 is 15.4 Å². The molecule has 0 saturated heterocycles. The number of esters is 1. The Labute approximate surface area is 187 Å². The first-order valence-corrected chi connectivity index (χ1v) is 11.5. The van der Waals surface area contributed by atoms with Gasteiger partial charge in [-0.1, -0.05) is 54.2 Å². The summed E-state index contributed by atoms with van der Waals surface area (Å²) in [7, 11) is 0. The fourth-order valence-corrected chi connectivity index (χ4v) is 4.55. The Morgan fingerprint density at radius 3 is 2.68 bits per heavy atom. The number of ether oxygens (including phenoxy) is 1. The molecule has 164 valence electrons. The van der Waals surface area contributed by atoms with Crippen molar-refractivity contribution in [3.05, 3.63) is 71.3 Å². The third kappa shape index (κ3) is 6.10. The number of nitrogens with two attached hydrogens (primary N) is 1. The first-order chi connectivity index (χ1) is 14.9. The number of amidine groups is 1. The van der Waals surface area contributed by atoms with Crippen molar-refractivity contribution in [3.8, 4) is 0 Å². The lowest BCUT2D eigenvalue weighted by Crippen LogP contribution is -2.33. The topological polar surface area (TPSA) is 85.0 Å². The molecule has 2 aromatic rings. The molecule has 1 aliphatic heterocycles. The van der Waals surface area contributed by atoms with Crippen molar-refractivity contribution in [1.29, 1.82) is 0 Å². The van der Waals surface area contributed by atoms with E-state index in [0.29, 0.717) is 23.9 Å². The summed E-state index contributed by atoms with van der Waals surface area (Å²) in [5.74, 6) is 0.462. The number of aliphatic imine (C=N–C) groups is 1. The minimum atomic E-state index is -0.444. The summed E-state index contributed by atoms with van der Waals surface area (Å²) in [5.41, 5.74) is 8.07. The number of amides is 1. The smallest absolute Gasteiger partial charge is 0.307 e. The first-order valence-electron chi connectivity index (χ1n) is 10.5. The van der Waals surface area contributed by atoms with Crippen molar-refractivity contribution in [2.75, 3.05) is 18.9 Å². The summed E-state index contributed by atoms with van der Waals surface area (Å²) in [6.45, 7) is 4.85. The van der Waals surface area contributed by atoms with Crippen LogP contribution in [0.4, 0.5) is 0 Å². The average molecular weight is 440 g/mol. The molecule has 0 aromatic heterocycles. The standard InChI is InChI=1S/C24H29N3O3S/c1-3-30-21(28)12-14-27(17-18-8-5-4-6-9-18)22(29)19-10-7-11-20(16-19)24(2)13-15-31-23(25)26-24/h4-11,16H,3,12-15,17H2,1-2H3,(H2,25,26). The number of nitrogens with zero attached hydrogens (tertiary/aromatic N) is 2. The van der Waals surface area contributed by atoms with Gasteiger partial charge in [0, 0.05) is 24.4 Å². The highest BCUT2D eigenvalue weighted by Crippen LogP contribution is 2.35. The normalized spacial score (nSPS) is 18.2. The quantitative estimate of drug-likeness (QED) is 0.630. The second-order valence-electron chi connectivity index (χ2n) is 7.67. The molecule has 0 aliphatic carbocycles. The lowest BCUT2D eigenvalue weighted by atomic mass is 9.88. The molecule has 31 heavy (non-hydrogen) atoms. The molecule has 1 amide bonds. The van der Waals surface area contributed by atoms with Gasteiger partial charge in [-0.2, -0.15) is 0 Å². The third-order valence-electron chi connectivity index (χ3n) is 5.32. The van der Waals surface area contributed by atoms with Gasteiger partial charge in [0.1, 0.15) is 0 Å². The van der Waals surface area contributed by atoms with Crippen molar-refractivity contribution in [3.63, 3.8) is 0 Å². The van der Waals surface area contributed by atoms with Gasteiger partial charge in [0.25, 0.3) is 5.91 Å². The van der Waals surface area contributed by atoms with Crippen molar-refractivity contribution >= 4 is 28.8 Å². The van der Waals surface area contributed by atoms with Crippen LogP contribution in [0.25, 0.3) is 0 Å². The molecule has 1 aliphatic rings. The molecule has 0 fully saturated rings. The van der Waals surface area contributed by atoms with Crippen LogP contribution in [0.2, 0.25) is 0 Å². The number of carbonyl (C=O) groups is 2. The maximum Gasteiger partial charge on any atom is 0.307 e. The number of hydrogen-bond acceptors (Lipinski definition) is 6. The Morgan fingerprint density at radius 2 is 1.97 bits per heavy atom. The van der Waals surface area contributed by atoms with E-state index in [0.717, 1.165) is 23.3 Å². The SMILES string of the molecule is CCOC(=O)CCN(Cc1ccccc1)C(=O)c1cccc(C2(C)CCSC(N)=N2)c1. The molecule has 2 N–H and O–H groups in total. The van der Waals surface area contributed by atoms with Crippen LogP contribution in [0, 0.1) is 0 Å². The summed E-state index contributed by atoms with van der Waals surface area (Å²) in [6.07, 6.45) is 1.01. The molecule has 1 unspecified atom stereocenters. The number of hydrogen-bond donors (Lipinski definition) is 1. The fourth-order valence-electron chi connectivity index (χ4n) is 3.58. The molecular weight excluding hydrogens is 410 g/mol. The summed E-state index contributed by atoms with van der Waals surface area (Å²) in [5, 5.41) is 0.575. The van der Waals surface area contributed by atoms with Crippen molar-refractivity contribution in [1.82, 2.24) is 4.90 Å². The number of benzene rings is 2. The van der Waals surface area contributed by atoms with Crippen LogP contribution in [0.15, 0.2) is 59.6 Å². The number of carbonyl (C=O) groups excluding carboxylic acids is 2. The van der Waals surface area contributed by atoms with E-state index in [1.54, 1.807) is 23.6 Å². The van der Waals surface area contributed by atoms with Gasteiger partial charge in [-0.25, -0.2) is 0 Å². The van der Waals surface area contributed by atoms with Crippen LogP contribution in [0.3, 0.4) is 0 Å². The van der Waals surface area contributed by atoms with Crippen LogP contribution >= 0.6 is 11.8 Å². The zero-order chi connectivity index (χ0) is 22.3. The molecule has 7 heteroatoms. The zero-order valence-corrected chi connectivity index (χ0v) is 18.9. The highest BCUT2D eigenvalue weighted by atomic mass is 32.2. The van der Waals surface area contributed by atoms with E-state index in [9.17, 15) is 9.59 Å². The lowest BCUT2D eigenvalue weighted by Gasteiger charge is -2.30. The van der Waals surface area contributed by atoms with E-state index in [-0.39, 0.29) is 24.8 Å². The molecule has 6 nitrogen and oxygen atoms in total. The Bertz CT molecular complexity index is 948. The lowest BCUT2D eigenvalue weighted by molar-refractivity contribution is -0.143. The second-order valence-corrected chi connectivity index (χ2v) is 8.79. The average Bonchev–Trinajstić information content (AvgIpc) is 2.77. The molecular formula is C24H29N3O3S.